The van der Waals surface area contributed by atoms with Gasteiger partial charge in [-0.3, -0.25) is 14.9 Å². The maximum Gasteiger partial charge on any atom is 0.273 e. The van der Waals surface area contributed by atoms with Gasteiger partial charge in [0.1, 0.15) is 5.01 Å². The van der Waals surface area contributed by atoms with Crippen molar-refractivity contribution in [3.63, 3.8) is 0 Å². The van der Waals surface area contributed by atoms with E-state index in [0.29, 0.717) is 23.7 Å². The Morgan fingerprint density at radius 1 is 1.48 bits per heavy atom. The molecule has 21 heavy (non-hydrogen) atoms. The van der Waals surface area contributed by atoms with Crippen molar-refractivity contribution in [2.75, 3.05) is 12.3 Å². The Morgan fingerprint density at radius 2 is 2.24 bits per heavy atom. The standard InChI is InChI=1S/C12H13N5O3S/c1-7-2-3-8(6-9(7)17(19)20)11(18)14-5-4-10-15-16-12(13)21-10/h2-3,6H,4-5H2,1H3,(H2,13,16)(H,14,18). The molecular weight excluding hydrogens is 294 g/mol. The highest BCUT2D eigenvalue weighted by Crippen LogP contribution is 2.19. The monoisotopic (exact) mass is 307 g/mol. The molecule has 0 bridgehead atoms. The summed E-state index contributed by atoms with van der Waals surface area (Å²) < 4.78 is 0. The lowest BCUT2D eigenvalue weighted by Crippen LogP contribution is -2.25. The van der Waals surface area contributed by atoms with E-state index in [1.807, 2.05) is 0 Å². The van der Waals surface area contributed by atoms with E-state index in [1.54, 1.807) is 19.1 Å². The van der Waals surface area contributed by atoms with E-state index < -0.39 is 4.92 Å². The van der Waals surface area contributed by atoms with Crippen LogP contribution in [0.3, 0.4) is 0 Å². The van der Waals surface area contributed by atoms with Gasteiger partial charge in [0.05, 0.1) is 4.92 Å². The maximum atomic E-state index is 11.9. The number of amides is 1. The molecule has 1 aromatic heterocycles. The average Bonchev–Trinajstić information content (AvgIpc) is 2.84. The molecule has 0 fully saturated rings. The number of nitrogen functional groups attached to an aromatic ring is 1. The minimum atomic E-state index is -0.504. The smallest absolute Gasteiger partial charge is 0.273 e. The number of aryl methyl sites for hydroxylation is 1. The van der Waals surface area contributed by atoms with Crippen molar-refractivity contribution in [2.24, 2.45) is 0 Å². The summed E-state index contributed by atoms with van der Waals surface area (Å²) in [7, 11) is 0. The molecule has 0 spiro atoms. The zero-order valence-electron chi connectivity index (χ0n) is 11.2. The van der Waals surface area contributed by atoms with Crippen LogP contribution in [0.1, 0.15) is 20.9 Å². The Balaban J connectivity index is 1.97. The lowest BCUT2D eigenvalue weighted by molar-refractivity contribution is -0.385. The summed E-state index contributed by atoms with van der Waals surface area (Å²) in [6, 6.07) is 4.38. The second-order valence-electron chi connectivity index (χ2n) is 4.30. The predicted octanol–water partition coefficient (Wildman–Crippen LogP) is 1.31. The summed E-state index contributed by atoms with van der Waals surface area (Å²) in [5.41, 5.74) is 6.15. The third-order valence-corrected chi connectivity index (χ3v) is 3.59. The normalized spacial score (nSPS) is 10.3. The molecule has 0 atom stereocenters. The van der Waals surface area contributed by atoms with E-state index >= 15 is 0 Å². The van der Waals surface area contributed by atoms with Gasteiger partial charge in [0.25, 0.3) is 11.6 Å². The third-order valence-electron chi connectivity index (χ3n) is 2.77. The number of carbonyl (C=O) groups is 1. The van der Waals surface area contributed by atoms with E-state index in [1.165, 1.54) is 17.4 Å². The zero-order chi connectivity index (χ0) is 15.4. The first-order chi connectivity index (χ1) is 9.97. The highest BCUT2D eigenvalue weighted by atomic mass is 32.1. The van der Waals surface area contributed by atoms with Crippen molar-refractivity contribution in [1.82, 2.24) is 15.5 Å². The zero-order valence-corrected chi connectivity index (χ0v) is 12.0. The van der Waals surface area contributed by atoms with Crippen molar-refractivity contribution in [2.45, 2.75) is 13.3 Å². The Labute approximate surface area is 124 Å². The summed E-state index contributed by atoms with van der Waals surface area (Å²) in [5, 5.41) is 22.1. The Kier molecular flexibility index (Phi) is 4.43. The SMILES string of the molecule is Cc1ccc(C(=O)NCCc2nnc(N)s2)cc1[N+](=O)[O-]. The number of carbonyl (C=O) groups excluding carboxylic acids is 1. The lowest BCUT2D eigenvalue weighted by Gasteiger charge is -2.04. The second-order valence-corrected chi connectivity index (χ2v) is 5.39. The number of aromatic nitrogens is 2. The van der Waals surface area contributed by atoms with Gasteiger partial charge in [-0.05, 0) is 13.0 Å². The van der Waals surface area contributed by atoms with Gasteiger partial charge in [-0.1, -0.05) is 17.4 Å². The fraction of sp³-hybridized carbons (Fsp3) is 0.250. The summed E-state index contributed by atoms with van der Waals surface area (Å²) in [6.07, 6.45) is 0.508. The predicted molar refractivity (Wildman–Crippen MR) is 78.2 cm³/mol. The molecule has 0 unspecified atom stereocenters. The molecule has 1 heterocycles. The van der Waals surface area contributed by atoms with Crippen LogP contribution >= 0.6 is 11.3 Å². The van der Waals surface area contributed by atoms with Gasteiger partial charge >= 0.3 is 0 Å². The molecule has 0 saturated carbocycles. The molecule has 110 valence electrons. The summed E-state index contributed by atoms with van der Waals surface area (Å²) in [5.74, 6) is -0.365. The molecule has 8 nitrogen and oxygen atoms in total. The number of nitro benzene ring substituents is 1. The van der Waals surface area contributed by atoms with Crippen LogP contribution in [-0.4, -0.2) is 27.6 Å². The van der Waals surface area contributed by atoms with E-state index in [2.05, 4.69) is 15.5 Å². The minimum absolute atomic E-state index is 0.0699. The molecule has 1 amide bonds. The molecule has 0 saturated heterocycles. The van der Waals surface area contributed by atoms with E-state index in [4.69, 9.17) is 5.73 Å². The molecule has 0 aliphatic carbocycles. The molecular formula is C12H13N5O3S. The van der Waals surface area contributed by atoms with Gasteiger partial charge in [0, 0.05) is 30.2 Å². The number of nitro groups is 1. The number of hydrogen-bond acceptors (Lipinski definition) is 7. The van der Waals surface area contributed by atoms with Gasteiger partial charge < -0.3 is 11.1 Å². The van der Waals surface area contributed by atoms with Crippen molar-refractivity contribution >= 4 is 28.1 Å². The number of nitrogens with one attached hydrogen (secondary N) is 1. The highest BCUT2D eigenvalue weighted by molar-refractivity contribution is 7.15. The fourth-order valence-corrected chi connectivity index (χ4v) is 2.31. The molecule has 3 N–H and O–H groups in total. The molecule has 1 aromatic carbocycles. The molecule has 0 aliphatic heterocycles. The number of benzene rings is 1. The first kappa shape index (κ1) is 14.9. The quantitative estimate of drug-likeness (QED) is 0.634. The third kappa shape index (κ3) is 3.72. The van der Waals surface area contributed by atoms with Gasteiger partial charge in [-0.25, -0.2) is 0 Å². The van der Waals surface area contributed by atoms with Gasteiger partial charge in [-0.15, -0.1) is 10.2 Å². The second kappa shape index (κ2) is 6.27. The van der Waals surface area contributed by atoms with Crippen LogP contribution in [0, 0.1) is 17.0 Å². The van der Waals surface area contributed by atoms with E-state index in [-0.39, 0.29) is 17.2 Å². The summed E-state index contributed by atoms with van der Waals surface area (Å²) in [4.78, 5) is 22.3. The number of nitrogens with zero attached hydrogens (tertiary/aromatic N) is 3. The average molecular weight is 307 g/mol. The van der Waals surface area contributed by atoms with Gasteiger partial charge in [0.2, 0.25) is 5.13 Å². The van der Waals surface area contributed by atoms with Crippen LogP contribution in [0.4, 0.5) is 10.8 Å². The molecule has 0 radical (unpaired) electrons. The maximum absolute atomic E-state index is 11.9. The molecule has 2 aromatic rings. The lowest BCUT2D eigenvalue weighted by atomic mass is 10.1. The highest BCUT2D eigenvalue weighted by Gasteiger charge is 2.14. The van der Waals surface area contributed by atoms with Crippen molar-refractivity contribution < 1.29 is 9.72 Å². The first-order valence-corrected chi connectivity index (χ1v) is 6.90. The van der Waals surface area contributed by atoms with Gasteiger partial charge in [0.15, 0.2) is 0 Å². The summed E-state index contributed by atoms with van der Waals surface area (Å²) in [6.45, 7) is 1.98. The Hall–Kier alpha value is -2.55. The number of rotatable bonds is 5. The van der Waals surface area contributed by atoms with Crippen LogP contribution in [0.25, 0.3) is 0 Å². The minimum Gasteiger partial charge on any atom is -0.374 e. The van der Waals surface area contributed by atoms with Crippen molar-refractivity contribution in [3.05, 3.63) is 44.4 Å². The van der Waals surface area contributed by atoms with Crippen LogP contribution in [0.2, 0.25) is 0 Å². The Bertz CT molecular complexity index is 685. The van der Waals surface area contributed by atoms with Gasteiger partial charge in [-0.2, -0.15) is 0 Å². The van der Waals surface area contributed by atoms with E-state index in [0.717, 1.165) is 5.01 Å². The van der Waals surface area contributed by atoms with Crippen LogP contribution in [-0.2, 0) is 6.42 Å². The number of nitrogens with two attached hydrogens (primary N) is 1. The molecule has 2 rings (SSSR count). The van der Waals surface area contributed by atoms with Crippen LogP contribution in [0.5, 0.6) is 0 Å². The molecule has 9 heteroatoms. The number of hydrogen-bond donors (Lipinski definition) is 2. The topological polar surface area (TPSA) is 124 Å². The van der Waals surface area contributed by atoms with Crippen molar-refractivity contribution in [1.29, 1.82) is 0 Å². The first-order valence-electron chi connectivity index (χ1n) is 6.08. The fourth-order valence-electron chi connectivity index (χ4n) is 1.70. The Morgan fingerprint density at radius 3 is 2.86 bits per heavy atom. The molecule has 0 aliphatic rings. The summed E-state index contributed by atoms with van der Waals surface area (Å²) >= 11 is 1.26. The largest absolute Gasteiger partial charge is 0.374 e. The van der Waals surface area contributed by atoms with Crippen LogP contribution < -0.4 is 11.1 Å². The van der Waals surface area contributed by atoms with Crippen LogP contribution in [0.15, 0.2) is 18.2 Å². The van der Waals surface area contributed by atoms with Crippen molar-refractivity contribution in [3.8, 4) is 0 Å². The number of anilines is 1. The van der Waals surface area contributed by atoms with E-state index in [9.17, 15) is 14.9 Å².